The lowest BCUT2D eigenvalue weighted by Gasteiger charge is -2.19. The second kappa shape index (κ2) is 5.60. The zero-order chi connectivity index (χ0) is 13.0. The van der Waals surface area contributed by atoms with Crippen molar-refractivity contribution in [1.82, 2.24) is 5.32 Å². The predicted octanol–water partition coefficient (Wildman–Crippen LogP) is 0.0617. The Morgan fingerprint density at radius 3 is 2.65 bits per heavy atom. The highest BCUT2D eigenvalue weighted by atomic mass is 19.1. The molecular formula is C11H14FNO4. The number of aliphatic hydroxyl groups excluding tert-OH is 2. The number of rotatable bonds is 4. The van der Waals surface area contributed by atoms with Crippen LogP contribution in [0.3, 0.4) is 0 Å². The Kier molecular flexibility index (Phi) is 4.42. The number of hydrogen-bond acceptors (Lipinski definition) is 4. The van der Waals surface area contributed by atoms with Crippen LogP contribution in [-0.2, 0) is 4.79 Å². The average Bonchev–Trinajstić information content (AvgIpc) is 2.25. The summed E-state index contributed by atoms with van der Waals surface area (Å²) in [6.45, 7) is 1.11. The minimum Gasteiger partial charge on any atom is -0.507 e. The minimum absolute atomic E-state index is 0.00394. The third-order valence-electron chi connectivity index (χ3n) is 2.24. The second-order valence-corrected chi connectivity index (χ2v) is 3.65. The van der Waals surface area contributed by atoms with Crippen LogP contribution in [0.25, 0.3) is 0 Å². The molecule has 0 saturated heterocycles. The lowest BCUT2D eigenvalue weighted by atomic mass is 10.0. The number of hydrogen-bond donors (Lipinski definition) is 4. The highest BCUT2D eigenvalue weighted by Gasteiger charge is 2.21. The summed E-state index contributed by atoms with van der Waals surface area (Å²) < 4.78 is 12.7. The van der Waals surface area contributed by atoms with Crippen molar-refractivity contribution in [2.45, 2.75) is 19.1 Å². The van der Waals surface area contributed by atoms with E-state index < -0.39 is 23.8 Å². The van der Waals surface area contributed by atoms with Crippen molar-refractivity contribution >= 4 is 5.91 Å². The molecule has 0 aliphatic carbocycles. The largest absolute Gasteiger partial charge is 0.507 e. The molecule has 5 nitrogen and oxygen atoms in total. The van der Waals surface area contributed by atoms with Gasteiger partial charge in [0.15, 0.2) is 0 Å². The summed E-state index contributed by atoms with van der Waals surface area (Å²) in [7, 11) is 0. The lowest BCUT2D eigenvalue weighted by Crippen LogP contribution is -2.34. The zero-order valence-electron chi connectivity index (χ0n) is 9.22. The molecule has 0 aliphatic heterocycles. The molecule has 4 N–H and O–H groups in total. The number of carbonyl (C=O) groups excluding carboxylic acids is 1. The van der Waals surface area contributed by atoms with Crippen LogP contribution >= 0.6 is 0 Å². The normalized spacial score (nSPS) is 14.1. The Morgan fingerprint density at radius 1 is 1.47 bits per heavy atom. The van der Waals surface area contributed by atoms with Crippen LogP contribution in [0.1, 0.15) is 18.6 Å². The van der Waals surface area contributed by atoms with E-state index in [4.69, 9.17) is 0 Å². The molecule has 0 spiro atoms. The summed E-state index contributed by atoms with van der Waals surface area (Å²) in [6, 6.07) is 3.07. The number of aliphatic hydroxyl groups is 2. The minimum atomic E-state index is -1.40. The Hall–Kier alpha value is -1.66. The summed E-state index contributed by atoms with van der Waals surface area (Å²) in [5.41, 5.74) is 0.00394. The maximum absolute atomic E-state index is 12.7. The summed E-state index contributed by atoms with van der Waals surface area (Å²) in [4.78, 5) is 10.6. The third kappa shape index (κ3) is 3.69. The molecule has 0 saturated carbocycles. The number of benzene rings is 1. The van der Waals surface area contributed by atoms with Crippen LogP contribution in [-0.4, -0.2) is 33.9 Å². The second-order valence-electron chi connectivity index (χ2n) is 3.65. The van der Waals surface area contributed by atoms with Crippen molar-refractivity contribution in [3.8, 4) is 5.75 Å². The number of phenolic OH excluding ortho intramolecular Hbond substituents is 1. The van der Waals surface area contributed by atoms with Gasteiger partial charge in [0.2, 0.25) is 5.91 Å². The van der Waals surface area contributed by atoms with Crippen LogP contribution < -0.4 is 5.32 Å². The molecule has 2 unspecified atom stereocenters. The number of phenols is 1. The molecule has 0 bridgehead atoms. The van der Waals surface area contributed by atoms with Gasteiger partial charge < -0.3 is 20.6 Å². The predicted molar refractivity (Wildman–Crippen MR) is 57.7 cm³/mol. The van der Waals surface area contributed by atoms with E-state index >= 15 is 0 Å². The molecule has 1 rings (SSSR count). The molecule has 2 atom stereocenters. The van der Waals surface area contributed by atoms with Gasteiger partial charge in [-0.05, 0) is 12.1 Å². The number of aromatic hydroxyl groups is 1. The molecule has 1 amide bonds. The van der Waals surface area contributed by atoms with Crippen LogP contribution in [0, 0.1) is 5.82 Å². The Bertz CT molecular complexity index is 410. The van der Waals surface area contributed by atoms with Crippen molar-refractivity contribution in [1.29, 1.82) is 0 Å². The fraction of sp³-hybridized carbons (Fsp3) is 0.364. The van der Waals surface area contributed by atoms with E-state index in [1.54, 1.807) is 0 Å². The molecule has 0 fully saturated rings. The molecule has 94 valence electrons. The molecule has 1 aromatic carbocycles. The van der Waals surface area contributed by atoms with Crippen LogP contribution in [0.15, 0.2) is 18.2 Å². The van der Waals surface area contributed by atoms with E-state index in [1.807, 2.05) is 0 Å². The first-order valence-electron chi connectivity index (χ1n) is 5.00. The first-order valence-corrected chi connectivity index (χ1v) is 5.00. The van der Waals surface area contributed by atoms with E-state index in [1.165, 1.54) is 13.0 Å². The molecule has 6 heteroatoms. The Balaban J connectivity index is 2.74. The van der Waals surface area contributed by atoms with Gasteiger partial charge in [0.1, 0.15) is 23.8 Å². The number of carbonyl (C=O) groups is 1. The maximum Gasteiger partial charge on any atom is 0.216 e. The molecule has 17 heavy (non-hydrogen) atoms. The summed E-state index contributed by atoms with van der Waals surface area (Å²) in [6.07, 6.45) is -2.68. The van der Waals surface area contributed by atoms with Gasteiger partial charge in [-0.2, -0.15) is 0 Å². The van der Waals surface area contributed by atoms with Gasteiger partial charge in [-0.25, -0.2) is 4.39 Å². The lowest BCUT2D eigenvalue weighted by molar-refractivity contribution is -0.119. The van der Waals surface area contributed by atoms with Gasteiger partial charge >= 0.3 is 0 Å². The molecule has 1 aromatic rings. The van der Waals surface area contributed by atoms with Gasteiger partial charge in [-0.15, -0.1) is 0 Å². The van der Waals surface area contributed by atoms with Gasteiger partial charge in [0.05, 0.1) is 0 Å². The fourth-order valence-electron chi connectivity index (χ4n) is 1.33. The van der Waals surface area contributed by atoms with Gasteiger partial charge in [0.25, 0.3) is 0 Å². The highest BCUT2D eigenvalue weighted by molar-refractivity contribution is 5.72. The van der Waals surface area contributed by atoms with Crippen molar-refractivity contribution < 1.29 is 24.5 Å². The highest BCUT2D eigenvalue weighted by Crippen LogP contribution is 2.26. The van der Waals surface area contributed by atoms with Gasteiger partial charge in [-0.1, -0.05) is 0 Å². The van der Waals surface area contributed by atoms with Gasteiger partial charge in [0, 0.05) is 25.1 Å². The molecule has 0 heterocycles. The van der Waals surface area contributed by atoms with Crippen molar-refractivity contribution in [3.05, 3.63) is 29.6 Å². The summed E-state index contributed by atoms with van der Waals surface area (Å²) >= 11 is 0. The molecule has 0 aliphatic rings. The van der Waals surface area contributed by atoms with Gasteiger partial charge in [-0.3, -0.25) is 4.79 Å². The molecule has 0 radical (unpaired) electrons. The molecular weight excluding hydrogens is 229 g/mol. The first-order chi connectivity index (χ1) is 7.91. The van der Waals surface area contributed by atoms with Crippen LogP contribution in [0.2, 0.25) is 0 Å². The average molecular weight is 243 g/mol. The Labute approximate surface area is 97.5 Å². The summed E-state index contributed by atoms with van der Waals surface area (Å²) in [5.74, 6) is -1.44. The quantitative estimate of drug-likeness (QED) is 0.602. The number of nitrogens with one attached hydrogen (secondary N) is 1. The Morgan fingerprint density at radius 2 is 2.12 bits per heavy atom. The fourth-order valence-corrected chi connectivity index (χ4v) is 1.33. The van der Waals surface area contributed by atoms with Crippen molar-refractivity contribution in [3.63, 3.8) is 0 Å². The SMILES string of the molecule is CC(=O)NCC(O)C(O)c1ccc(F)cc1O. The topological polar surface area (TPSA) is 89.8 Å². The zero-order valence-corrected chi connectivity index (χ0v) is 9.22. The maximum atomic E-state index is 12.7. The monoisotopic (exact) mass is 243 g/mol. The van der Waals surface area contributed by atoms with E-state index in [-0.39, 0.29) is 18.0 Å². The van der Waals surface area contributed by atoms with Crippen LogP contribution in [0.4, 0.5) is 4.39 Å². The van der Waals surface area contributed by atoms with Crippen LogP contribution in [0.5, 0.6) is 5.75 Å². The smallest absolute Gasteiger partial charge is 0.216 e. The van der Waals surface area contributed by atoms with Crippen molar-refractivity contribution in [2.24, 2.45) is 0 Å². The van der Waals surface area contributed by atoms with Crippen molar-refractivity contribution in [2.75, 3.05) is 6.54 Å². The third-order valence-corrected chi connectivity index (χ3v) is 2.24. The van der Waals surface area contributed by atoms with E-state index in [2.05, 4.69) is 5.32 Å². The van der Waals surface area contributed by atoms with E-state index in [9.17, 15) is 24.5 Å². The number of amides is 1. The molecule has 0 aromatic heterocycles. The first kappa shape index (κ1) is 13.4. The standard InChI is InChI=1S/C11H14FNO4/c1-6(14)13-5-10(16)11(17)8-3-2-7(12)4-9(8)15/h2-4,10-11,15-17H,5H2,1H3,(H,13,14). The van der Waals surface area contributed by atoms with E-state index in [0.717, 1.165) is 12.1 Å². The number of halogens is 1. The van der Waals surface area contributed by atoms with E-state index in [0.29, 0.717) is 0 Å². The summed E-state index contributed by atoms with van der Waals surface area (Å²) in [5, 5.41) is 30.9.